The molecule has 0 aliphatic rings. The van der Waals surface area contributed by atoms with Crippen molar-refractivity contribution >= 4 is 23.2 Å². The number of hydrogen-bond acceptors (Lipinski definition) is 4. The summed E-state index contributed by atoms with van der Waals surface area (Å²) in [6.07, 6.45) is 1.05. The van der Waals surface area contributed by atoms with Gasteiger partial charge in [0.15, 0.2) is 0 Å². The first-order valence-corrected chi connectivity index (χ1v) is 6.69. The lowest BCUT2D eigenvalue weighted by molar-refractivity contribution is -0.385. The van der Waals surface area contributed by atoms with Crippen molar-refractivity contribution in [2.24, 2.45) is 0 Å². The Kier molecular flexibility index (Phi) is 4.90. The molecule has 2 rings (SSSR count). The van der Waals surface area contributed by atoms with Crippen LogP contribution >= 0.6 is 11.6 Å². The number of nitrogens with one attached hydrogen (secondary N) is 1. The molecule has 0 fully saturated rings. The minimum atomic E-state index is -0.623. The third kappa shape index (κ3) is 4.16. The average molecular weight is 322 g/mol. The van der Waals surface area contributed by atoms with E-state index < -0.39 is 16.4 Å². The van der Waals surface area contributed by atoms with Gasteiger partial charge >= 0.3 is 0 Å². The fourth-order valence-corrected chi connectivity index (χ4v) is 1.89. The van der Waals surface area contributed by atoms with E-state index in [1.807, 2.05) is 0 Å². The first-order chi connectivity index (χ1) is 10.5. The highest BCUT2D eigenvalue weighted by Crippen LogP contribution is 2.09. The van der Waals surface area contributed by atoms with Gasteiger partial charge in [-0.3, -0.25) is 24.3 Å². The summed E-state index contributed by atoms with van der Waals surface area (Å²) in [4.78, 5) is 33.5. The lowest BCUT2D eigenvalue weighted by Crippen LogP contribution is -2.31. The van der Waals surface area contributed by atoms with E-state index in [4.69, 9.17) is 11.6 Å². The second-order valence-electron chi connectivity index (χ2n) is 4.51. The van der Waals surface area contributed by atoms with Gasteiger partial charge in [0.05, 0.1) is 11.1 Å². The molecule has 0 aliphatic carbocycles. The van der Waals surface area contributed by atoms with Gasteiger partial charge in [-0.25, -0.2) is 0 Å². The second kappa shape index (κ2) is 6.86. The molecule has 22 heavy (non-hydrogen) atoms. The predicted octanol–water partition coefficient (Wildman–Crippen LogP) is 1.73. The Labute approximate surface area is 130 Å². The SMILES string of the molecule is O=C(Cn1cc([N+](=O)[O-])ccc1=O)NCc1ccc(Cl)cc1. The van der Waals surface area contributed by atoms with Gasteiger partial charge in [-0.15, -0.1) is 0 Å². The minimum Gasteiger partial charge on any atom is -0.350 e. The molecule has 0 spiro atoms. The summed E-state index contributed by atoms with van der Waals surface area (Å²) in [7, 11) is 0. The molecule has 0 saturated carbocycles. The Hall–Kier alpha value is -2.67. The zero-order valence-electron chi connectivity index (χ0n) is 11.4. The summed E-state index contributed by atoms with van der Waals surface area (Å²) < 4.78 is 0.995. The Morgan fingerprint density at radius 1 is 1.23 bits per heavy atom. The Balaban J connectivity index is 2.00. The number of rotatable bonds is 5. The smallest absolute Gasteiger partial charge is 0.285 e. The van der Waals surface area contributed by atoms with E-state index >= 15 is 0 Å². The van der Waals surface area contributed by atoms with Crippen molar-refractivity contribution in [2.75, 3.05) is 0 Å². The van der Waals surface area contributed by atoms with Crippen LogP contribution in [-0.2, 0) is 17.9 Å². The van der Waals surface area contributed by atoms with Gasteiger partial charge in [0.2, 0.25) is 5.91 Å². The Bertz CT molecular complexity index is 755. The lowest BCUT2D eigenvalue weighted by atomic mass is 10.2. The summed E-state index contributed by atoms with van der Waals surface area (Å²) in [5.74, 6) is -0.419. The molecule has 1 amide bonds. The number of halogens is 1. The highest BCUT2D eigenvalue weighted by atomic mass is 35.5. The van der Waals surface area contributed by atoms with E-state index in [0.29, 0.717) is 5.02 Å². The number of aromatic nitrogens is 1. The van der Waals surface area contributed by atoms with Crippen molar-refractivity contribution in [3.8, 4) is 0 Å². The molecule has 1 aromatic carbocycles. The van der Waals surface area contributed by atoms with Crippen LogP contribution in [0.3, 0.4) is 0 Å². The largest absolute Gasteiger partial charge is 0.350 e. The number of carbonyl (C=O) groups excluding carboxylic acids is 1. The molecule has 7 nitrogen and oxygen atoms in total. The highest BCUT2D eigenvalue weighted by molar-refractivity contribution is 6.30. The number of hydrogen-bond donors (Lipinski definition) is 1. The molecule has 0 unspecified atom stereocenters. The molecule has 114 valence electrons. The van der Waals surface area contributed by atoms with Crippen molar-refractivity contribution in [3.05, 3.63) is 73.6 Å². The summed E-state index contributed by atoms with van der Waals surface area (Å²) >= 11 is 5.76. The standard InChI is InChI=1S/C14H12ClN3O4/c15-11-3-1-10(2-4-11)7-16-13(19)9-17-8-12(18(21)22)5-6-14(17)20/h1-6,8H,7,9H2,(H,16,19). The van der Waals surface area contributed by atoms with E-state index in [9.17, 15) is 19.7 Å². The highest BCUT2D eigenvalue weighted by Gasteiger charge is 2.10. The second-order valence-corrected chi connectivity index (χ2v) is 4.95. The van der Waals surface area contributed by atoms with Gasteiger partial charge in [-0.05, 0) is 17.7 Å². The van der Waals surface area contributed by atoms with Crippen molar-refractivity contribution in [2.45, 2.75) is 13.1 Å². The van der Waals surface area contributed by atoms with Crippen LogP contribution in [0, 0.1) is 10.1 Å². The molecule has 1 N–H and O–H groups in total. The average Bonchev–Trinajstić information content (AvgIpc) is 2.48. The Morgan fingerprint density at radius 3 is 2.55 bits per heavy atom. The molecule has 2 aromatic rings. The fourth-order valence-electron chi connectivity index (χ4n) is 1.76. The van der Waals surface area contributed by atoms with Crippen LogP contribution in [0.5, 0.6) is 0 Å². The number of nitrogens with zero attached hydrogens (tertiary/aromatic N) is 2. The van der Waals surface area contributed by atoms with Crippen molar-refractivity contribution in [1.29, 1.82) is 0 Å². The maximum Gasteiger partial charge on any atom is 0.285 e. The normalized spacial score (nSPS) is 10.2. The predicted molar refractivity (Wildman–Crippen MR) is 80.7 cm³/mol. The summed E-state index contributed by atoms with van der Waals surface area (Å²) in [6.45, 7) is -0.00617. The molecule has 0 radical (unpaired) electrons. The van der Waals surface area contributed by atoms with Crippen molar-refractivity contribution in [3.63, 3.8) is 0 Å². The first-order valence-electron chi connectivity index (χ1n) is 6.32. The molecular formula is C14H12ClN3O4. The van der Waals surface area contributed by atoms with Crippen molar-refractivity contribution < 1.29 is 9.72 Å². The van der Waals surface area contributed by atoms with Gasteiger partial charge in [0.25, 0.3) is 11.2 Å². The molecular weight excluding hydrogens is 310 g/mol. The molecule has 0 aliphatic heterocycles. The molecule has 1 heterocycles. The molecule has 0 saturated heterocycles. The van der Waals surface area contributed by atoms with Crippen LogP contribution in [0.25, 0.3) is 0 Å². The molecule has 8 heteroatoms. The quantitative estimate of drug-likeness (QED) is 0.670. The van der Waals surface area contributed by atoms with E-state index in [2.05, 4.69) is 5.32 Å². The van der Waals surface area contributed by atoms with Crippen molar-refractivity contribution in [1.82, 2.24) is 9.88 Å². The van der Waals surface area contributed by atoms with Crippen LogP contribution in [0.2, 0.25) is 5.02 Å². The summed E-state index contributed by atoms with van der Waals surface area (Å²) in [5, 5.41) is 13.9. The van der Waals surface area contributed by atoms with Crippen LogP contribution in [0.15, 0.2) is 47.4 Å². The number of nitro groups is 1. The fraction of sp³-hybridized carbons (Fsp3) is 0.143. The maximum absolute atomic E-state index is 11.8. The van der Waals surface area contributed by atoms with E-state index in [0.717, 1.165) is 28.5 Å². The Morgan fingerprint density at radius 2 is 1.91 bits per heavy atom. The summed E-state index contributed by atoms with van der Waals surface area (Å²) in [6, 6.07) is 9.10. The van der Waals surface area contributed by atoms with E-state index in [1.165, 1.54) is 0 Å². The molecule has 1 aromatic heterocycles. The van der Waals surface area contributed by atoms with Crippen LogP contribution in [0.1, 0.15) is 5.56 Å². The van der Waals surface area contributed by atoms with Gasteiger partial charge in [0, 0.05) is 23.7 Å². The van der Waals surface area contributed by atoms with E-state index in [-0.39, 0.29) is 18.8 Å². The number of carbonyl (C=O) groups is 1. The monoisotopic (exact) mass is 321 g/mol. The zero-order valence-corrected chi connectivity index (χ0v) is 12.1. The summed E-state index contributed by atoms with van der Waals surface area (Å²) in [5.41, 5.74) is 0.126. The van der Waals surface area contributed by atoms with Crippen LogP contribution in [-0.4, -0.2) is 15.4 Å². The van der Waals surface area contributed by atoms with Crippen LogP contribution in [0.4, 0.5) is 5.69 Å². The maximum atomic E-state index is 11.8. The van der Waals surface area contributed by atoms with E-state index in [1.54, 1.807) is 24.3 Å². The van der Waals surface area contributed by atoms with Gasteiger partial charge < -0.3 is 5.32 Å². The number of amides is 1. The first kappa shape index (κ1) is 15.7. The molecule has 0 atom stereocenters. The van der Waals surface area contributed by atoms with Gasteiger partial charge in [-0.2, -0.15) is 0 Å². The molecule has 0 bridgehead atoms. The van der Waals surface area contributed by atoms with Crippen LogP contribution < -0.4 is 10.9 Å². The van der Waals surface area contributed by atoms with Gasteiger partial charge in [-0.1, -0.05) is 23.7 Å². The number of benzene rings is 1. The van der Waals surface area contributed by atoms with Gasteiger partial charge in [0.1, 0.15) is 6.54 Å². The minimum absolute atomic E-state index is 0.245. The topological polar surface area (TPSA) is 94.2 Å². The number of pyridine rings is 1. The lowest BCUT2D eigenvalue weighted by Gasteiger charge is -2.07. The zero-order chi connectivity index (χ0) is 16.1. The third-order valence-corrected chi connectivity index (χ3v) is 3.15. The third-order valence-electron chi connectivity index (χ3n) is 2.90.